The molecule has 1 aromatic carbocycles. The maximum absolute atomic E-state index is 12.4. The van der Waals surface area contributed by atoms with Crippen molar-refractivity contribution in [2.75, 3.05) is 31.6 Å². The molecule has 1 aromatic rings. The van der Waals surface area contributed by atoms with E-state index < -0.39 is 17.6 Å². The van der Waals surface area contributed by atoms with Crippen molar-refractivity contribution in [2.24, 2.45) is 0 Å². The number of anilines is 1. The highest BCUT2D eigenvalue weighted by atomic mass is 35.5. The second-order valence-corrected chi connectivity index (χ2v) is 6.70. The molecule has 6 nitrogen and oxygen atoms in total. The van der Waals surface area contributed by atoms with Crippen LogP contribution in [0.25, 0.3) is 0 Å². The smallest absolute Gasteiger partial charge is 0.313 e. The van der Waals surface area contributed by atoms with E-state index in [1.54, 1.807) is 6.07 Å². The van der Waals surface area contributed by atoms with Crippen molar-refractivity contribution in [1.29, 1.82) is 0 Å². The fraction of sp³-hybridized carbons (Fsp3) is 0.529. The van der Waals surface area contributed by atoms with E-state index in [0.717, 1.165) is 11.1 Å². The Morgan fingerprint density at radius 3 is 2.38 bits per heavy atom. The fourth-order valence-corrected chi connectivity index (χ4v) is 3.59. The standard InChI is InChI=1S/C17H21ClN2O4/c1-11-9-12(2)14(13(18)10-11)19-15(21)16(22)20-5-3-17(4-6-20)23-7-8-24-17/h9-10H,3-8H2,1-2H3,(H,19,21). The number of hydrogen-bond donors (Lipinski definition) is 1. The van der Waals surface area contributed by atoms with E-state index >= 15 is 0 Å². The van der Waals surface area contributed by atoms with E-state index in [1.165, 1.54) is 4.90 Å². The van der Waals surface area contributed by atoms with Gasteiger partial charge in [-0.3, -0.25) is 9.59 Å². The van der Waals surface area contributed by atoms with Gasteiger partial charge in [-0.2, -0.15) is 0 Å². The predicted octanol–water partition coefficient (Wildman–Crippen LogP) is 2.26. The van der Waals surface area contributed by atoms with Crippen LogP contribution < -0.4 is 5.32 Å². The van der Waals surface area contributed by atoms with Crippen LogP contribution in [0.1, 0.15) is 24.0 Å². The van der Waals surface area contributed by atoms with Gasteiger partial charge in [-0.05, 0) is 31.0 Å². The summed E-state index contributed by atoms with van der Waals surface area (Å²) in [4.78, 5) is 26.2. The molecular formula is C17H21ClN2O4. The Morgan fingerprint density at radius 2 is 1.79 bits per heavy atom. The zero-order valence-electron chi connectivity index (χ0n) is 13.9. The Morgan fingerprint density at radius 1 is 1.17 bits per heavy atom. The van der Waals surface area contributed by atoms with Crippen LogP contribution >= 0.6 is 11.6 Å². The highest BCUT2D eigenvalue weighted by molar-refractivity contribution is 6.41. The summed E-state index contributed by atoms with van der Waals surface area (Å²) in [6.45, 7) is 5.81. The Bertz CT molecular complexity index is 638. The number of benzene rings is 1. The largest absolute Gasteiger partial charge is 0.347 e. The lowest BCUT2D eigenvalue weighted by Gasteiger charge is -2.37. The van der Waals surface area contributed by atoms with Crippen molar-refractivity contribution in [3.05, 3.63) is 28.3 Å². The third-order valence-corrected chi connectivity index (χ3v) is 4.79. The first-order valence-corrected chi connectivity index (χ1v) is 8.43. The van der Waals surface area contributed by atoms with Gasteiger partial charge in [0.2, 0.25) is 0 Å². The molecule has 3 rings (SSSR count). The summed E-state index contributed by atoms with van der Waals surface area (Å²) in [5.41, 5.74) is 2.31. The van der Waals surface area contributed by atoms with E-state index in [9.17, 15) is 9.59 Å². The SMILES string of the molecule is Cc1cc(C)c(NC(=O)C(=O)N2CCC3(CC2)OCCO3)c(Cl)c1. The normalized spacial score (nSPS) is 19.5. The van der Waals surface area contributed by atoms with Crippen molar-refractivity contribution < 1.29 is 19.1 Å². The van der Waals surface area contributed by atoms with Gasteiger partial charge in [-0.15, -0.1) is 0 Å². The van der Waals surface area contributed by atoms with Crippen LogP contribution in [0.3, 0.4) is 0 Å². The molecular weight excluding hydrogens is 332 g/mol. The highest BCUT2D eigenvalue weighted by Gasteiger charge is 2.41. The first kappa shape index (κ1) is 17.2. The average Bonchev–Trinajstić information content (AvgIpc) is 2.99. The number of ether oxygens (including phenoxy) is 2. The number of aryl methyl sites for hydroxylation is 2. The summed E-state index contributed by atoms with van der Waals surface area (Å²) >= 11 is 6.18. The summed E-state index contributed by atoms with van der Waals surface area (Å²) in [5, 5.41) is 3.07. The number of hydrogen-bond acceptors (Lipinski definition) is 4. The van der Waals surface area contributed by atoms with E-state index in [2.05, 4.69) is 5.32 Å². The van der Waals surface area contributed by atoms with E-state index in [1.807, 2.05) is 19.9 Å². The Balaban J connectivity index is 1.63. The van der Waals surface area contributed by atoms with Gasteiger partial charge in [0, 0.05) is 25.9 Å². The number of nitrogens with zero attached hydrogens (tertiary/aromatic N) is 1. The van der Waals surface area contributed by atoms with E-state index in [-0.39, 0.29) is 0 Å². The van der Waals surface area contributed by atoms with Crippen molar-refractivity contribution in [3.63, 3.8) is 0 Å². The molecule has 0 aromatic heterocycles. The molecule has 24 heavy (non-hydrogen) atoms. The van der Waals surface area contributed by atoms with Gasteiger partial charge in [0.25, 0.3) is 0 Å². The average molecular weight is 353 g/mol. The van der Waals surface area contributed by atoms with Crippen LogP contribution in [0, 0.1) is 13.8 Å². The van der Waals surface area contributed by atoms with Crippen LogP contribution in [-0.2, 0) is 19.1 Å². The summed E-state index contributed by atoms with van der Waals surface area (Å²) in [7, 11) is 0. The molecule has 7 heteroatoms. The van der Waals surface area contributed by atoms with Gasteiger partial charge in [-0.1, -0.05) is 17.7 Å². The van der Waals surface area contributed by atoms with Gasteiger partial charge in [0.05, 0.1) is 23.9 Å². The van der Waals surface area contributed by atoms with Crippen LogP contribution in [0.15, 0.2) is 12.1 Å². The lowest BCUT2D eigenvalue weighted by atomic mass is 10.0. The van der Waals surface area contributed by atoms with Crippen molar-refractivity contribution in [2.45, 2.75) is 32.5 Å². The number of carbonyl (C=O) groups excluding carboxylic acids is 2. The molecule has 0 unspecified atom stereocenters. The van der Waals surface area contributed by atoms with Gasteiger partial charge in [0.1, 0.15) is 0 Å². The number of rotatable bonds is 1. The first-order chi connectivity index (χ1) is 11.4. The molecule has 2 fully saturated rings. The highest BCUT2D eigenvalue weighted by Crippen LogP contribution is 2.31. The van der Waals surface area contributed by atoms with E-state index in [0.29, 0.717) is 49.9 Å². The fourth-order valence-electron chi connectivity index (χ4n) is 3.22. The molecule has 0 bridgehead atoms. The minimum absolute atomic E-state index is 0.430. The predicted molar refractivity (Wildman–Crippen MR) is 90.0 cm³/mol. The lowest BCUT2D eigenvalue weighted by Crippen LogP contribution is -2.50. The Hall–Kier alpha value is -1.63. The Labute approximate surface area is 146 Å². The zero-order chi connectivity index (χ0) is 17.3. The number of halogens is 1. The molecule has 2 amide bonds. The molecule has 1 spiro atoms. The summed E-state index contributed by atoms with van der Waals surface area (Å²) in [6.07, 6.45) is 1.16. The molecule has 2 saturated heterocycles. The molecule has 0 aliphatic carbocycles. The minimum atomic E-state index is -0.673. The van der Waals surface area contributed by atoms with Crippen LogP contribution in [0.5, 0.6) is 0 Å². The zero-order valence-corrected chi connectivity index (χ0v) is 14.6. The molecule has 0 radical (unpaired) electrons. The monoisotopic (exact) mass is 352 g/mol. The van der Waals surface area contributed by atoms with Gasteiger partial charge >= 0.3 is 11.8 Å². The summed E-state index contributed by atoms with van der Waals surface area (Å²) < 4.78 is 11.3. The number of carbonyl (C=O) groups is 2. The molecule has 2 aliphatic rings. The molecule has 2 heterocycles. The molecule has 2 aliphatic heterocycles. The summed E-state index contributed by atoms with van der Waals surface area (Å²) in [5.74, 6) is -1.80. The van der Waals surface area contributed by atoms with Crippen LogP contribution in [0.2, 0.25) is 5.02 Å². The molecule has 0 atom stereocenters. The topological polar surface area (TPSA) is 67.9 Å². The third-order valence-electron chi connectivity index (χ3n) is 4.49. The maximum Gasteiger partial charge on any atom is 0.313 e. The van der Waals surface area contributed by atoms with Crippen LogP contribution in [0.4, 0.5) is 5.69 Å². The van der Waals surface area contributed by atoms with Crippen molar-refractivity contribution in [3.8, 4) is 0 Å². The Kier molecular flexibility index (Phi) is 4.80. The molecule has 130 valence electrons. The van der Waals surface area contributed by atoms with Gasteiger partial charge in [0.15, 0.2) is 5.79 Å². The quantitative estimate of drug-likeness (QED) is 0.787. The minimum Gasteiger partial charge on any atom is -0.347 e. The van der Waals surface area contributed by atoms with Gasteiger partial charge < -0.3 is 19.7 Å². The van der Waals surface area contributed by atoms with Crippen LogP contribution in [-0.4, -0.2) is 48.8 Å². The summed E-state index contributed by atoms with van der Waals surface area (Å²) in [6, 6.07) is 3.67. The number of piperidine rings is 1. The lowest BCUT2D eigenvalue weighted by molar-refractivity contribution is -0.187. The van der Waals surface area contributed by atoms with Crippen molar-refractivity contribution >= 4 is 29.1 Å². The van der Waals surface area contributed by atoms with E-state index in [4.69, 9.17) is 21.1 Å². The van der Waals surface area contributed by atoms with Crippen molar-refractivity contribution in [1.82, 2.24) is 4.90 Å². The molecule has 1 N–H and O–H groups in total. The maximum atomic E-state index is 12.4. The number of amides is 2. The third kappa shape index (κ3) is 3.41. The van der Waals surface area contributed by atoms with Gasteiger partial charge in [-0.25, -0.2) is 0 Å². The number of likely N-dealkylation sites (tertiary alicyclic amines) is 1. The first-order valence-electron chi connectivity index (χ1n) is 8.05. The second-order valence-electron chi connectivity index (χ2n) is 6.29. The number of nitrogens with one attached hydrogen (secondary N) is 1. The molecule has 0 saturated carbocycles. The second kappa shape index (κ2) is 6.70.